The van der Waals surface area contributed by atoms with E-state index in [0.717, 1.165) is 16.9 Å². The smallest absolute Gasteiger partial charge is 0.233 e. The zero-order valence-corrected chi connectivity index (χ0v) is 13.8. The fourth-order valence-electron chi connectivity index (χ4n) is 2.40. The largest absolute Gasteiger partial charge is 0.472 e. The lowest BCUT2D eigenvalue weighted by molar-refractivity contribution is 0.292. The number of nitrogens with one attached hydrogen (secondary N) is 1. The zero-order chi connectivity index (χ0) is 16.2. The molecule has 23 heavy (non-hydrogen) atoms. The highest BCUT2D eigenvalue weighted by Crippen LogP contribution is 2.21. The van der Waals surface area contributed by atoms with E-state index in [9.17, 15) is 0 Å². The van der Waals surface area contributed by atoms with E-state index in [1.807, 2.05) is 55.7 Å². The lowest BCUT2D eigenvalue weighted by Crippen LogP contribution is -2.03. The Morgan fingerprint density at radius 3 is 2.65 bits per heavy atom. The molecule has 1 heterocycles. The van der Waals surface area contributed by atoms with Gasteiger partial charge in [-0.15, -0.1) is 5.10 Å². The molecule has 1 N–H and O–H groups in total. The van der Waals surface area contributed by atoms with Gasteiger partial charge < -0.3 is 10.1 Å². The van der Waals surface area contributed by atoms with Crippen LogP contribution in [0, 0.1) is 6.92 Å². The first-order valence-electron chi connectivity index (χ1n) is 7.38. The third kappa shape index (κ3) is 3.48. The average molecular weight is 328 g/mol. The fourth-order valence-corrected chi connectivity index (χ4v) is 2.52. The van der Waals surface area contributed by atoms with Gasteiger partial charge >= 0.3 is 0 Å². The molecule has 0 saturated heterocycles. The van der Waals surface area contributed by atoms with Crippen molar-refractivity contribution in [3.63, 3.8) is 0 Å². The molecule has 118 valence electrons. The fraction of sp³-hybridized carbons (Fsp3) is 0.167. The van der Waals surface area contributed by atoms with Crippen LogP contribution in [-0.4, -0.2) is 16.8 Å². The molecule has 1 aromatic heterocycles. The maximum absolute atomic E-state index is 5.90. The monoisotopic (exact) mass is 327 g/mol. The van der Waals surface area contributed by atoms with Gasteiger partial charge in [0.05, 0.1) is 5.69 Å². The maximum Gasteiger partial charge on any atom is 0.233 e. The highest BCUT2D eigenvalue weighted by atomic mass is 35.5. The molecule has 0 amide bonds. The van der Waals surface area contributed by atoms with Crippen LogP contribution in [0.2, 0.25) is 5.02 Å². The summed E-state index contributed by atoms with van der Waals surface area (Å²) in [6, 6.07) is 15.5. The Morgan fingerprint density at radius 1 is 1.13 bits per heavy atom. The molecule has 4 nitrogen and oxygen atoms in total. The van der Waals surface area contributed by atoms with Crippen molar-refractivity contribution < 1.29 is 4.74 Å². The molecular formula is C18H18ClN3O. The number of nitrogens with zero attached hydrogens (tertiary/aromatic N) is 2. The highest BCUT2D eigenvalue weighted by Gasteiger charge is 2.07. The van der Waals surface area contributed by atoms with Gasteiger partial charge in [-0.05, 0) is 42.8 Å². The number of benzene rings is 2. The topological polar surface area (TPSA) is 39.1 Å². The molecular weight excluding hydrogens is 310 g/mol. The lowest BCUT2D eigenvalue weighted by atomic mass is 10.1. The minimum atomic E-state index is 0.473. The lowest BCUT2D eigenvalue weighted by Gasteiger charge is -2.12. The van der Waals surface area contributed by atoms with Crippen LogP contribution in [0.4, 0.5) is 5.69 Å². The summed E-state index contributed by atoms with van der Waals surface area (Å²) in [4.78, 5) is 0. The van der Waals surface area contributed by atoms with E-state index in [-0.39, 0.29) is 0 Å². The van der Waals surface area contributed by atoms with Crippen molar-refractivity contribution in [2.24, 2.45) is 0 Å². The third-order valence-corrected chi connectivity index (χ3v) is 3.95. The van der Waals surface area contributed by atoms with Gasteiger partial charge in [0, 0.05) is 35.6 Å². The number of hydrogen-bond acceptors (Lipinski definition) is 3. The second-order valence-electron chi connectivity index (χ2n) is 5.21. The van der Waals surface area contributed by atoms with E-state index in [0.29, 0.717) is 17.5 Å². The summed E-state index contributed by atoms with van der Waals surface area (Å²) in [7, 11) is 1.91. The van der Waals surface area contributed by atoms with E-state index < -0.39 is 0 Å². The number of halogens is 1. The SMILES string of the molecule is CNc1cccc(C)c1COc1ccn(-c2ccc(Cl)cc2)n1. The Hall–Kier alpha value is -2.46. The van der Waals surface area contributed by atoms with Crippen LogP contribution in [0.3, 0.4) is 0 Å². The summed E-state index contributed by atoms with van der Waals surface area (Å²) < 4.78 is 7.61. The van der Waals surface area contributed by atoms with Gasteiger partial charge in [-0.3, -0.25) is 0 Å². The minimum absolute atomic E-state index is 0.473. The Labute approximate surface area is 140 Å². The summed E-state index contributed by atoms with van der Waals surface area (Å²) >= 11 is 5.90. The Balaban J connectivity index is 1.74. The Bertz CT molecular complexity index is 796. The van der Waals surface area contributed by atoms with E-state index in [4.69, 9.17) is 16.3 Å². The van der Waals surface area contributed by atoms with Gasteiger partial charge in [-0.2, -0.15) is 0 Å². The second kappa shape index (κ2) is 6.75. The van der Waals surface area contributed by atoms with Crippen molar-refractivity contribution >= 4 is 17.3 Å². The van der Waals surface area contributed by atoms with Crippen LogP contribution >= 0.6 is 11.6 Å². The van der Waals surface area contributed by atoms with Crippen molar-refractivity contribution in [3.8, 4) is 11.6 Å². The molecule has 0 atom stereocenters. The molecule has 0 radical (unpaired) electrons. The molecule has 5 heteroatoms. The first-order valence-corrected chi connectivity index (χ1v) is 7.76. The van der Waals surface area contributed by atoms with Crippen molar-refractivity contribution in [1.29, 1.82) is 0 Å². The van der Waals surface area contributed by atoms with Gasteiger partial charge in [0.1, 0.15) is 6.61 Å². The van der Waals surface area contributed by atoms with Crippen molar-refractivity contribution in [3.05, 3.63) is 70.9 Å². The average Bonchev–Trinajstić information content (AvgIpc) is 3.03. The molecule has 0 bridgehead atoms. The van der Waals surface area contributed by atoms with Gasteiger partial charge in [0.25, 0.3) is 0 Å². The van der Waals surface area contributed by atoms with E-state index in [1.54, 1.807) is 4.68 Å². The van der Waals surface area contributed by atoms with Gasteiger partial charge in [0.2, 0.25) is 5.88 Å². The second-order valence-corrected chi connectivity index (χ2v) is 5.65. The van der Waals surface area contributed by atoms with E-state index in [1.165, 1.54) is 5.56 Å². The predicted molar refractivity (Wildman–Crippen MR) is 93.6 cm³/mol. The molecule has 0 aliphatic rings. The summed E-state index contributed by atoms with van der Waals surface area (Å²) in [5, 5.41) is 8.34. The first-order chi connectivity index (χ1) is 11.2. The Kier molecular flexibility index (Phi) is 4.53. The van der Waals surface area contributed by atoms with Gasteiger partial charge in [0.15, 0.2) is 0 Å². The summed E-state index contributed by atoms with van der Waals surface area (Å²) in [5.74, 6) is 0.588. The molecule has 0 spiro atoms. The molecule has 0 unspecified atom stereocenters. The summed E-state index contributed by atoms with van der Waals surface area (Å²) in [6.07, 6.45) is 1.87. The van der Waals surface area contributed by atoms with Crippen LogP contribution in [0.15, 0.2) is 54.7 Å². The molecule has 3 aromatic rings. The summed E-state index contributed by atoms with van der Waals surface area (Å²) in [6.45, 7) is 2.55. The number of hydrogen-bond donors (Lipinski definition) is 1. The van der Waals surface area contributed by atoms with Crippen molar-refractivity contribution in [2.75, 3.05) is 12.4 Å². The molecule has 0 saturated carbocycles. The van der Waals surface area contributed by atoms with Gasteiger partial charge in [-0.1, -0.05) is 23.7 Å². The highest BCUT2D eigenvalue weighted by molar-refractivity contribution is 6.30. The normalized spacial score (nSPS) is 10.6. The van der Waals surface area contributed by atoms with E-state index in [2.05, 4.69) is 23.4 Å². The molecule has 0 fully saturated rings. The number of aryl methyl sites for hydroxylation is 1. The van der Waals surface area contributed by atoms with E-state index >= 15 is 0 Å². The maximum atomic E-state index is 5.90. The van der Waals surface area contributed by atoms with Crippen LogP contribution in [0.25, 0.3) is 5.69 Å². The van der Waals surface area contributed by atoms with Crippen LogP contribution in [0.5, 0.6) is 5.88 Å². The summed E-state index contributed by atoms with van der Waals surface area (Å²) in [5.41, 5.74) is 4.34. The zero-order valence-electron chi connectivity index (χ0n) is 13.1. The standard InChI is InChI=1S/C18H18ClN3O/c1-13-4-3-5-17(20-2)16(13)12-23-18-10-11-22(21-18)15-8-6-14(19)7-9-15/h3-11,20H,12H2,1-2H3. The number of ether oxygens (including phenoxy) is 1. The van der Waals surface area contributed by atoms with Crippen LogP contribution in [-0.2, 0) is 6.61 Å². The Morgan fingerprint density at radius 2 is 1.91 bits per heavy atom. The first kappa shape index (κ1) is 15.4. The predicted octanol–water partition coefficient (Wildman–Crippen LogP) is 4.45. The molecule has 0 aliphatic carbocycles. The molecule has 2 aromatic carbocycles. The third-order valence-electron chi connectivity index (χ3n) is 3.70. The van der Waals surface area contributed by atoms with Crippen LogP contribution in [0.1, 0.15) is 11.1 Å². The number of anilines is 1. The van der Waals surface area contributed by atoms with Crippen molar-refractivity contribution in [2.45, 2.75) is 13.5 Å². The van der Waals surface area contributed by atoms with Gasteiger partial charge in [-0.25, -0.2) is 4.68 Å². The molecule has 3 rings (SSSR count). The number of aromatic nitrogens is 2. The molecule has 0 aliphatic heterocycles. The quantitative estimate of drug-likeness (QED) is 0.752. The van der Waals surface area contributed by atoms with Crippen molar-refractivity contribution in [1.82, 2.24) is 9.78 Å². The number of rotatable bonds is 5. The minimum Gasteiger partial charge on any atom is -0.472 e. The van der Waals surface area contributed by atoms with Crippen LogP contribution < -0.4 is 10.1 Å².